The molecule has 0 atom stereocenters. The summed E-state index contributed by atoms with van der Waals surface area (Å²) in [5.74, 6) is -0.419. The van der Waals surface area contributed by atoms with E-state index in [-0.39, 0.29) is 15.5 Å². The van der Waals surface area contributed by atoms with Crippen LogP contribution in [0.25, 0.3) is 0 Å². The molecular formula is C11H16ClN3O4S. The van der Waals surface area contributed by atoms with Crippen LogP contribution >= 0.6 is 11.6 Å². The second kappa shape index (κ2) is 7.00. The Morgan fingerprint density at radius 1 is 1.40 bits per heavy atom. The summed E-state index contributed by atoms with van der Waals surface area (Å²) in [7, 11) is -0.399. The van der Waals surface area contributed by atoms with Gasteiger partial charge in [-0.15, -0.1) is 0 Å². The highest BCUT2D eigenvalue weighted by atomic mass is 35.5. The first kappa shape index (κ1) is 16.9. The van der Waals surface area contributed by atoms with Crippen molar-refractivity contribution in [1.82, 2.24) is 15.1 Å². The van der Waals surface area contributed by atoms with Gasteiger partial charge in [-0.05, 0) is 32.3 Å². The largest absolute Gasteiger partial charge is 0.351 e. The number of halogens is 1. The summed E-state index contributed by atoms with van der Waals surface area (Å²) in [5, 5.41) is 11.2. The molecule has 0 heterocycles. The molecule has 7 nitrogen and oxygen atoms in total. The number of rotatable bonds is 6. The summed E-state index contributed by atoms with van der Waals surface area (Å²) in [6, 6.07) is 3.79. The molecule has 0 saturated carbocycles. The van der Waals surface area contributed by atoms with Crippen LogP contribution in [0.4, 0.5) is 0 Å². The highest BCUT2D eigenvalue weighted by Gasteiger charge is 2.19. The molecule has 1 rings (SSSR count). The van der Waals surface area contributed by atoms with Crippen molar-refractivity contribution in [3.63, 3.8) is 0 Å². The van der Waals surface area contributed by atoms with Gasteiger partial charge in [-0.3, -0.25) is 4.79 Å². The number of sulfonamides is 1. The fourth-order valence-electron chi connectivity index (χ4n) is 1.39. The zero-order valence-electron chi connectivity index (χ0n) is 11.1. The molecule has 0 saturated heterocycles. The van der Waals surface area contributed by atoms with Crippen LogP contribution in [0.5, 0.6) is 0 Å². The number of benzene rings is 1. The number of carbonyl (C=O) groups excluding carboxylic acids is 1. The highest BCUT2D eigenvalue weighted by Crippen LogP contribution is 2.22. The molecule has 20 heavy (non-hydrogen) atoms. The molecule has 0 bridgehead atoms. The third-order valence-electron chi connectivity index (χ3n) is 2.45. The maximum atomic E-state index is 11.9. The molecule has 0 aromatic heterocycles. The van der Waals surface area contributed by atoms with E-state index in [2.05, 4.69) is 5.32 Å². The van der Waals surface area contributed by atoms with Crippen LogP contribution in [0.15, 0.2) is 23.1 Å². The predicted molar refractivity (Wildman–Crippen MR) is 74.4 cm³/mol. The van der Waals surface area contributed by atoms with Crippen molar-refractivity contribution in [3.8, 4) is 0 Å². The topological polar surface area (TPSA) is 98.7 Å². The number of nitrogens with zero attached hydrogens (tertiary/aromatic N) is 1. The van der Waals surface area contributed by atoms with E-state index in [0.29, 0.717) is 13.1 Å². The third kappa shape index (κ3) is 4.43. The minimum Gasteiger partial charge on any atom is -0.351 e. The van der Waals surface area contributed by atoms with Gasteiger partial charge >= 0.3 is 0 Å². The molecule has 0 radical (unpaired) electrons. The Morgan fingerprint density at radius 2 is 2.05 bits per heavy atom. The van der Waals surface area contributed by atoms with Gasteiger partial charge in [0.25, 0.3) is 15.9 Å². The molecule has 0 aliphatic rings. The molecule has 0 aliphatic carbocycles. The lowest BCUT2D eigenvalue weighted by Crippen LogP contribution is -2.31. The van der Waals surface area contributed by atoms with Crippen molar-refractivity contribution in [3.05, 3.63) is 28.8 Å². The standard InChI is InChI=1S/C11H16ClN3O4S/c1-15(2)6-5-13-11(16)8-3-4-9(12)10(7-8)20(18,19)14-17/h3-4,7,14,17H,5-6H2,1-2H3,(H,13,16). The number of carbonyl (C=O) groups is 1. The lowest BCUT2D eigenvalue weighted by molar-refractivity contribution is 0.0951. The van der Waals surface area contributed by atoms with Crippen LogP contribution in [0.3, 0.4) is 0 Å². The predicted octanol–water partition coefficient (Wildman–Crippen LogP) is 0.299. The van der Waals surface area contributed by atoms with Gasteiger partial charge in [0.1, 0.15) is 4.90 Å². The number of hydrogen-bond donors (Lipinski definition) is 3. The maximum absolute atomic E-state index is 11.9. The molecule has 0 fully saturated rings. The molecule has 1 amide bonds. The smallest absolute Gasteiger partial charge is 0.263 e. The van der Waals surface area contributed by atoms with Crippen LogP contribution in [-0.2, 0) is 10.0 Å². The number of nitrogens with one attached hydrogen (secondary N) is 2. The molecule has 0 spiro atoms. The second-order valence-corrected chi connectivity index (χ2v) is 6.34. The molecule has 3 N–H and O–H groups in total. The Kier molecular flexibility index (Phi) is 5.90. The van der Waals surface area contributed by atoms with E-state index in [9.17, 15) is 13.2 Å². The molecule has 0 aliphatic heterocycles. The molecule has 0 unspecified atom stereocenters. The first-order valence-electron chi connectivity index (χ1n) is 5.66. The van der Waals surface area contributed by atoms with E-state index in [1.54, 1.807) is 0 Å². The Bertz CT molecular complexity index is 589. The monoisotopic (exact) mass is 321 g/mol. The van der Waals surface area contributed by atoms with E-state index in [1.807, 2.05) is 19.0 Å². The Hall–Kier alpha value is -1.19. The van der Waals surface area contributed by atoms with Gasteiger partial charge in [-0.25, -0.2) is 8.42 Å². The molecule has 112 valence electrons. The number of likely N-dealkylation sites (N-methyl/N-ethyl adjacent to an activating group) is 1. The van der Waals surface area contributed by atoms with Crippen LogP contribution in [0, 0.1) is 0 Å². The molecule has 1 aromatic carbocycles. The average Bonchev–Trinajstić information content (AvgIpc) is 2.38. The zero-order valence-corrected chi connectivity index (χ0v) is 12.6. The van der Waals surface area contributed by atoms with Gasteiger partial charge in [0.05, 0.1) is 5.02 Å². The van der Waals surface area contributed by atoms with Gasteiger partial charge < -0.3 is 15.4 Å². The van der Waals surface area contributed by atoms with Gasteiger partial charge in [-0.2, -0.15) is 0 Å². The highest BCUT2D eigenvalue weighted by molar-refractivity contribution is 7.89. The van der Waals surface area contributed by atoms with Gasteiger partial charge in [0, 0.05) is 18.7 Å². The summed E-state index contributed by atoms with van der Waals surface area (Å²) in [6.45, 7) is 1.08. The minimum absolute atomic E-state index is 0.0867. The van der Waals surface area contributed by atoms with E-state index in [1.165, 1.54) is 17.0 Å². The van der Waals surface area contributed by atoms with E-state index in [0.717, 1.165) is 6.07 Å². The van der Waals surface area contributed by atoms with E-state index >= 15 is 0 Å². The maximum Gasteiger partial charge on any atom is 0.263 e. The first-order chi connectivity index (χ1) is 9.27. The van der Waals surface area contributed by atoms with Crippen molar-refractivity contribution in [2.75, 3.05) is 27.2 Å². The van der Waals surface area contributed by atoms with Crippen molar-refractivity contribution in [1.29, 1.82) is 0 Å². The SMILES string of the molecule is CN(C)CCNC(=O)c1ccc(Cl)c(S(=O)(=O)NO)c1. The van der Waals surface area contributed by atoms with Crippen molar-refractivity contribution < 1.29 is 18.4 Å². The lowest BCUT2D eigenvalue weighted by atomic mass is 10.2. The molecule has 1 aromatic rings. The summed E-state index contributed by atoms with van der Waals surface area (Å²) >= 11 is 5.74. The molecular weight excluding hydrogens is 306 g/mol. The third-order valence-corrected chi connectivity index (χ3v) is 4.05. The van der Waals surface area contributed by atoms with E-state index in [4.69, 9.17) is 16.8 Å². The van der Waals surface area contributed by atoms with Gasteiger partial charge in [-0.1, -0.05) is 16.5 Å². The quantitative estimate of drug-likeness (QED) is 0.654. The molecule has 9 heteroatoms. The average molecular weight is 322 g/mol. The Labute approximate surface area is 122 Å². The van der Waals surface area contributed by atoms with Crippen LogP contribution < -0.4 is 10.2 Å². The summed E-state index contributed by atoms with van der Waals surface area (Å²) < 4.78 is 23.0. The van der Waals surface area contributed by atoms with Crippen molar-refractivity contribution in [2.45, 2.75) is 4.90 Å². The van der Waals surface area contributed by atoms with Crippen molar-refractivity contribution in [2.24, 2.45) is 0 Å². The summed E-state index contributed by atoms with van der Waals surface area (Å²) in [6.07, 6.45) is 0. The number of hydrogen-bond acceptors (Lipinski definition) is 5. The first-order valence-corrected chi connectivity index (χ1v) is 7.52. The Balaban J connectivity index is 2.93. The fraction of sp³-hybridized carbons (Fsp3) is 0.364. The van der Waals surface area contributed by atoms with Crippen LogP contribution in [0.2, 0.25) is 5.02 Å². The van der Waals surface area contributed by atoms with Crippen LogP contribution in [-0.4, -0.2) is 51.6 Å². The lowest BCUT2D eigenvalue weighted by Gasteiger charge is -2.11. The van der Waals surface area contributed by atoms with Crippen molar-refractivity contribution >= 4 is 27.5 Å². The minimum atomic E-state index is -4.13. The van der Waals surface area contributed by atoms with Gasteiger partial charge in [0.15, 0.2) is 0 Å². The summed E-state index contributed by atoms with van der Waals surface area (Å²) in [4.78, 5) is 14.6. The number of amides is 1. The van der Waals surface area contributed by atoms with E-state index < -0.39 is 15.9 Å². The zero-order chi connectivity index (χ0) is 15.3. The van der Waals surface area contributed by atoms with Gasteiger partial charge in [0.2, 0.25) is 0 Å². The van der Waals surface area contributed by atoms with Crippen LogP contribution in [0.1, 0.15) is 10.4 Å². The fourth-order valence-corrected chi connectivity index (χ4v) is 2.52. The summed E-state index contributed by atoms with van der Waals surface area (Å²) in [5.41, 5.74) is 0.141. The Morgan fingerprint density at radius 3 is 2.60 bits per heavy atom. The second-order valence-electron chi connectivity index (χ2n) is 4.30. The normalized spacial score (nSPS) is 11.7.